The molecule has 0 unspecified atom stereocenters. The van der Waals surface area contributed by atoms with E-state index in [1.807, 2.05) is 0 Å². The first-order valence-corrected chi connectivity index (χ1v) is 28.5. The van der Waals surface area contributed by atoms with Gasteiger partial charge in [-0.25, -0.2) is 0 Å². The average molecular weight is 642 g/mol. The van der Waals surface area contributed by atoms with Gasteiger partial charge in [0, 0.05) is 0 Å². The van der Waals surface area contributed by atoms with Gasteiger partial charge in [-0.15, -0.1) is 0 Å². The van der Waals surface area contributed by atoms with E-state index in [1.54, 1.807) is 0 Å². The first-order valence-electron chi connectivity index (χ1n) is 13.5. The predicted octanol–water partition coefficient (Wildman–Crippen LogP) is 10.9. The summed E-state index contributed by atoms with van der Waals surface area (Å²) in [5.74, 6) is 0. The molecule has 4 heteroatoms. The van der Waals surface area contributed by atoms with Crippen molar-refractivity contribution >= 4 is 36.8 Å². The molecule has 0 N–H and O–H groups in total. The molecule has 0 rings (SSSR count). The zero-order valence-electron chi connectivity index (χ0n) is 21.5. The van der Waals surface area contributed by atoms with Crippen LogP contribution in [-0.2, 0) is 0 Å². The summed E-state index contributed by atoms with van der Waals surface area (Å²) in [5.41, 5.74) is 0. The second-order valence-electron chi connectivity index (χ2n) is 9.82. The SMILES string of the molecule is CCC[CH2][Sn]([CH2]CCC)([CH2]CCC)[C](=C(F)F)[Sn]([CH2]CCC)([CH2]CCC)[CH2]CCC. The fourth-order valence-corrected chi connectivity index (χ4v) is 73.2. The van der Waals surface area contributed by atoms with E-state index in [1.165, 1.54) is 104 Å². The van der Waals surface area contributed by atoms with Gasteiger partial charge in [-0.1, -0.05) is 0 Å². The van der Waals surface area contributed by atoms with Crippen LogP contribution in [-0.4, -0.2) is 36.8 Å². The van der Waals surface area contributed by atoms with Crippen LogP contribution in [0.15, 0.2) is 7.69 Å². The van der Waals surface area contributed by atoms with Gasteiger partial charge in [0.05, 0.1) is 0 Å². The Bertz CT molecular complexity index is 367. The van der Waals surface area contributed by atoms with Crippen LogP contribution in [0.1, 0.15) is 119 Å². The quantitative estimate of drug-likeness (QED) is 0.116. The van der Waals surface area contributed by atoms with Crippen LogP contribution in [0, 0.1) is 0 Å². The molecule has 0 aromatic rings. The zero-order chi connectivity index (χ0) is 22.9. The zero-order valence-corrected chi connectivity index (χ0v) is 27.2. The van der Waals surface area contributed by atoms with Crippen molar-refractivity contribution in [2.75, 3.05) is 0 Å². The molecule has 0 amide bonds. The predicted molar refractivity (Wildman–Crippen MR) is 139 cm³/mol. The third kappa shape index (κ3) is 10.4. The third-order valence-corrected chi connectivity index (χ3v) is 57.2. The molecule has 0 spiro atoms. The van der Waals surface area contributed by atoms with Crippen molar-refractivity contribution < 1.29 is 8.78 Å². The van der Waals surface area contributed by atoms with Gasteiger partial charge in [0.2, 0.25) is 0 Å². The van der Waals surface area contributed by atoms with E-state index in [4.69, 9.17) is 0 Å². The Morgan fingerprint density at radius 1 is 0.433 bits per heavy atom. The molecule has 30 heavy (non-hydrogen) atoms. The molecule has 0 atom stereocenters. The first kappa shape index (κ1) is 31.2. The van der Waals surface area contributed by atoms with Gasteiger partial charge < -0.3 is 0 Å². The van der Waals surface area contributed by atoms with E-state index >= 15 is 8.78 Å². The van der Waals surface area contributed by atoms with Gasteiger partial charge in [0.1, 0.15) is 0 Å². The summed E-state index contributed by atoms with van der Waals surface area (Å²) >= 11 is -6.18. The minimum atomic E-state index is -3.09. The summed E-state index contributed by atoms with van der Waals surface area (Å²) in [6, 6.07) is 0. The van der Waals surface area contributed by atoms with E-state index < -0.39 is 42.8 Å². The van der Waals surface area contributed by atoms with E-state index in [-0.39, 0.29) is 0 Å². The van der Waals surface area contributed by atoms with Crippen molar-refractivity contribution in [1.29, 1.82) is 0 Å². The van der Waals surface area contributed by atoms with Crippen molar-refractivity contribution in [2.24, 2.45) is 0 Å². The fourth-order valence-electron chi connectivity index (χ4n) is 5.55. The number of halogens is 2. The summed E-state index contributed by atoms with van der Waals surface area (Å²) in [4.78, 5) is 0. The van der Waals surface area contributed by atoms with Crippen LogP contribution in [0.4, 0.5) is 8.78 Å². The number of hydrogen-bond acceptors (Lipinski definition) is 0. The summed E-state index contributed by atoms with van der Waals surface area (Å²) in [6.45, 7) is 13.5. The molecule has 0 heterocycles. The monoisotopic (exact) mass is 644 g/mol. The van der Waals surface area contributed by atoms with E-state index in [9.17, 15) is 0 Å². The second-order valence-corrected chi connectivity index (χ2v) is 39.9. The topological polar surface area (TPSA) is 0 Å². The molecule has 0 radical (unpaired) electrons. The van der Waals surface area contributed by atoms with Crippen molar-refractivity contribution in [3.63, 3.8) is 0 Å². The van der Waals surface area contributed by atoms with Gasteiger partial charge in [0.15, 0.2) is 0 Å². The minimum absolute atomic E-state index is 1.05. The molecular formula is C26H54F2Sn2. The van der Waals surface area contributed by atoms with Crippen LogP contribution < -0.4 is 0 Å². The van der Waals surface area contributed by atoms with Crippen LogP contribution >= 0.6 is 0 Å². The Hall–Kier alpha value is 1.20. The van der Waals surface area contributed by atoms with Crippen LogP contribution in [0.25, 0.3) is 0 Å². The Kier molecular flexibility index (Phi) is 19.3. The maximum absolute atomic E-state index is 15.2. The Labute approximate surface area is 197 Å². The van der Waals surface area contributed by atoms with Crippen LogP contribution in [0.3, 0.4) is 0 Å². The molecule has 0 aliphatic carbocycles. The molecule has 0 aromatic carbocycles. The molecule has 0 saturated heterocycles. The molecule has 0 aromatic heterocycles. The molecular weight excluding hydrogens is 588 g/mol. The third-order valence-electron chi connectivity index (χ3n) is 7.30. The fraction of sp³-hybridized carbons (Fsp3) is 0.923. The van der Waals surface area contributed by atoms with E-state index in [0.29, 0.717) is 0 Å². The summed E-state index contributed by atoms with van der Waals surface area (Å²) in [6.07, 6.45) is 13.0. The van der Waals surface area contributed by atoms with Gasteiger partial charge in [-0.3, -0.25) is 0 Å². The molecule has 0 saturated carbocycles. The standard InChI is InChI=1S/6C4H9.C2F2.2Sn/c6*1-3-4-2;1-2(3)4;;/h6*1,3-4H2,2H3;;;. The van der Waals surface area contributed by atoms with E-state index in [0.717, 1.165) is 1.60 Å². The van der Waals surface area contributed by atoms with Gasteiger partial charge in [-0.05, 0) is 0 Å². The van der Waals surface area contributed by atoms with Crippen molar-refractivity contribution in [2.45, 2.75) is 145 Å². The Balaban J connectivity index is 6.61. The van der Waals surface area contributed by atoms with Crippen LogP contribution in [0.5, 0.6) is 0 Å². The Morgan fingerprint density at radius 3 is 0.767 bits per heavy atom. The first-order chi connectivity index (χ1) is 14.4. The summed E-state index contributed by atoms with van der Waals surface area (Å²) < 4.78 is 38.8. The van der Waals surface area contributed by atoms with Crippen molar-refractivity contribution in [3.05, 3.63) is 7.69 Å². The number of rotatable bonds is 20. The molecule has 0 nitrogen and oxygen atoms in total. The van der Waals surface area contributed by atoms with Gasteiger partial charge in [-0.2, -0.15) is 0 Å². The van der Waals surface area contributed by atoms with Gasteiger partial charge >= 0.3 is 198 Å². The Morgan fingerprint density at radius 2 is 0.633 bits per heavy atom. The van der Waals surface area contributed by atoms with Crippen molar-refractivity contribution in [3.8, 4) is 0 Å². The van der Waals surface area contributed by atoms with Crippen LogP contribution in [0.2, 0.25) is 26.6 Å². The normalized spacial score (nSPS) is 12.4. The molecule has 0 fully saturated rings. The molecule has 180 valence electrons. The number of hydrogen-bond donors (Lipinski definition) is 0. The molecule has 0 bridgehead atoms. The van der Waals surface area contributed by atoms with Crippen molar-refractivity contribution in [1.82, 2.24) is 0 Å². The molecule has 0 aliphatic heterocycles. The second kappa shape index (κ2) is 18.6. The maximum atomic E-state index is 15.2. The van der Waals surface area contributed by atoms with Gasteiger partial charge in [0.25, 0.3) is 0 Å². The summed E-state index contributed by atoms with van der Waals surface area (Å²) in [7, 11) is 0. The van der Waals surface area contributed by atoms with E-state index in [2.05, 4.69) is 41.5 Å². The molecule has 0 aliphatic rings. The summed E-state index contributed by atoms with van der Waals surface area (Å²) in [5, 5.41) is 0. The average Bonchev–Trinajstić information content (AvgIpc) is 2.74. The number of unbranched alkanes of at least 4 members (excludes halogenated alkanes) is 6.